The van der Waals surface area contributed by atoms with E-state index < -0.39 is 11.2 Å². The van der Waals surface area contributed by atoms with Gasteiger partial charge in [0, 0.05) is 17.8 Å². The van der Waals surface area contributed by atoms with Gasteiger partial charge in [0.15, 0.2) is 5.69 Å². The van der Waals surface area contributed by atoms with Crippen molar-refractivity contribution in [3.05, 3.63) is 20.8 Å². The highest BCUT2D eigenvalue weighted by Gasteiger charge is 2.33. The number of aromatic nitrogens is 2. The minimum atomic E-state index is -0.554. The third-order valence-electron chi connectivity index (χ3n) is 5.89. The van der Waals surface area contributed by atoms with Crippen molar-refractivity contribution in [1.82, 2.24) is 9.55 Å². The lowest BCUT2D eigenvalue weighted by atomic mass is 10.2. The van der Waals surface area contributed by atoms with E-state index in [1.165, 1.54) is 17.4 Å². The van der Waals surface area contributed by atoms with Crippen LogP contribution in [-0.4, -0.2) is 32.5 Å². The largest absolute Gasteiger partial charge is 0.383 e. The molecule has 7 nitrogen and oxygen atoms in total. The highest BCUT2D eigenvalue weighted by atomic mass is 32.2. The van der Waals surface area contributed by atoms with Gasteiger partial charge in [0.1, 0.15) is 5.82 Å². The molecule has 2 fully saturated rings. The van der Waals surface area contributed by atoms with Crippen LogP contribution in [0.25, 0.3) is 0 Å². The summed E-state index contributed by atoms with van der Waals surface area (Å²) in [7, 11) is 0. The lowest BCUT2D eigenvalue weighted by molar-refractivity contribution is -0.116. The number of anilines is 2. The Morgan fingerprint density at radius 2 is 1.82 bits per heavy atom. The molecule has 0 aliphatic heterocycles. The van der Waals surface area contributed by atoms with Crippen LogP contribution < -0.4 is 21.9 Å². The zero-order chi connectivity index (χ0) is 20.1. The zero-order valence-electron chi connectivity index (χ0n) is 16.7. The van der Waals surface area contributed by atoms with Crippen LogP contribution in [0.2, 0.25) is 0 Å². The molecule has 1 amide bonds. The van der Waals surface area contributed by atoms with Crippen LogP contribution in [0, 0.1) is 0 Å². The van der Waals surface area contributed by atoms with Gasteiger partial charge >= 0.3 is 5.69 Å². The quantitative estimate of drug-likeness (QED) is 0.689. The second kappa shape index (κ2) is 9.67. The van der Waals surface area contributed by atoms with E-state index in [2.05, 4.69) is 4.98 Å². The van der Waals surface area contributed by atoms with Crippen molar-refractivity contribution < 1.29 is 4.79 Å². The number of hydrogen-bond donors (Lipinski definition) is 2. The molecule has 8 heteroatoms. The fourth-order valence-corrected chi connectivity index (χ4v) is 5.52. The van der Waals surface area contributed by atoms with Crippen molar-refractivity contribution in [3.8, 4) is 0 Å². The molecule has 3 N–H and O–H groups in total. The summed E-state index contributed by atoms with van der Waals surface area (Å²) in [5.41, 5.74) is 5.40. The maximum Gasteiger partial charge on any atom is 0.330 e. The van der Waals surface area contributed by atoms with E-state index >= 15 is 0 Å². The number of nitrogens with two attached hydrogens (primary N) is 1. The number of hydrogen-bond acceptors (Lipinski definition) is 5. The van der Waals surface area contributed by atoms with Crippen LogP contribution in [0.15, 0.2) is 9.59 Å². The van der Waals surface area contributed by atoms with Crippen LogP contribution in [0.3, 0.4) is 0 Å². The molecule has 2 aliphatic carbocycles. The highest BCUT2D eigenvalue weighted by Crippen LogP contribution is 2.33. The van der Waals surface area contributed by atoms with Crippen LogP contribution in [0.5, 0.6) is 0 Å². The molecular formula is C20H32N4O3S. The predicted molar refractivity (Wildman–Crippen MR) is 115 cm³/mol. The van der Waals surface area contributed by atoms with Gasteiger partial charge in [-0.2, -0.15) is 0 Å². The Hall–Kier alpha value is -1.70. The van der Waals surface area contributed by atoms with Crippen molar-refractivity contribution in [2.45, 2.75) is 89.0 Å². The number of rotatable bonds is 8. The Bertz CT molecular complexity index is 792. The first kappa shape index (κ1) is 21.0. The third-order valence-corrected chi connectivity index (χ3v) is 7.25. The van der Waals surface area contributed by atoms with Crippen LogP contribution >= 0.6 is 11.8 Å². The lowest BCUT2D eigenvalue weighted by Crippen LogP contribution is -2.46. The summed E-state index contributed by atoms with van der Waals surface area (Å²) in [6.07, 6.45) is 10.3. The molecule has 2 aliphatic rings. The summed E-state index contributed by atoms with van der Waals surface area (Å²) in [6.45, 7) is 2.47. The fraction of sp³-hybridized carbons (Fsp3) is 0.750. The first-order chi connectivity index (χ1) is 13.5. The molecule has 28 heavy (non-hydrogen) atoms. The summed E-state index contributed by atoms with van der Waals surface area (Å²) in [4.78, 5) is 42.2. The smallest absolute Gasteiger partial charge is 0.330 e. The van der Waals surface area contributed by atoms with Crippen LogP contribution in [-0.2, 0) is 11.3 Å². The number of carbonyl (C=O) groups is 1. The summed E-state index contributed by atoms with van der Waals surface area (Å²) in [5.74, 6) is 0.406. The number of aromatic amines is 1. The van der Waals surface area contributed by atoms with E-state index in [1.54, 1.807) is 16.7 Å². The van der Waals surface area contributed by atoms with Crippen molar-refractivity contribution in [1.29, 1.82) is 0 Å². The minimum Gasteiger partial charge on any atom is -0.383 e. The normalized spacial score (nSPS) is 18.0. The van der Waals surface area contributed by atoms with E-state index in [4.69, 9.17) is 5.73 Å². The Morgan fingerprint density at radius 3 is 2.46 bits per heavy atom. The van der Waals surface area contributed by atoms with Gasteiger partial charge in [0.2, 0.25) is 5.91 Å². The molecule has 156 valence electrons. The third kappa shape index (κ3) is 4.64. The van der Waals surface area contributed by atoms with E-state index in [1.807, 2.05) is 6.92 Å². The average Bonchev–Trinajstić information content (AvgIpc) is 3.36. The van der Waals surface area contributed by atoms with Gasteiger partial charge in [-0.15, -0.1) is 11.8 Å². The predicted octanol–water partition coefficient (Wildman–Crippen LogP) is 2.87. The summed E-state index contributed by atoms with van der Waals surface area (Å²) >= 11 is 1.69. The number of thioether (sulfide) groups is 1. The maximum atomic E-state index is 13.2. The Kier molecular flexibility index (Phi) is 7.26. The highest BCUT2D eigenvalue weighted by molar-refractivity contribution is 8.00. The van der Waals surface area contributed by atoms with Gasteiger partial charge in [0.05, 0.1) is 5.75 Å². The molecule has 0 radical (unpaired) electrons. The van der Waals surface area contributed by atoms with Crippen molar-refractivity contribution in [3.63, 3.8) is 0 Å². The Morgan fingerprint density at radius 1 is 1.18 bits per heavy atom. The van der Waals surface area contributed by atoms with E-state index in [0.717, 1.165) is 51.4 Å². The average molecular weight is 409 g/mol. The molecule has 0 spiro atoms. The number of nitrogen functional groups attached to an aromatic ring is 1. The van der Waals surface area contributed by atoms with Crippen molar-refractivity contribution in [2.75, 3.05) is 16.4 Å². The SMILES string of the molecule is CCCCn1c(N)c(N(C(=O)CSC2CCCC2)C2CCCC2)c(=O)[nH]c1=O. The van der Waals surface area contributed by atoms with Crippen molar-refractivity contribution in [2.24, 2.45) is 0 Å². The molecule has 0 unspecified atom stereocenters. The molecule has 1 aromatic heterocycles. The number of carbonyl (C=O) groups excluding carboxylic acids is 1. The number of H-pyrrole nitrogens is 1. The molecule has 2 saturated carbocycles. The maximum absolute atomic E-state index is 13.2. The summed E-state index contributed by atoms with van der Waals surface area (Å²) in [6, 6.07) is -0.0165. The van der Waals surface area contributed by atoms with E-state index in [0.29, 0.717) is 17.5 Å². The van der Waals surface area contributed by atoms with Crippen LogP contribution in [0.1, 0.15) is 71.1 Å². The van der Waals surface area contributed by atoms with Gasteiger partial charge in [-0.3, -0.25) is 19.1 Å². The topological polar surface area (TPSA) is 101 Å². The number of unbranched alkanes of at least 4 members (excludes halogenated alkanes) is 1. The molecule has 1 aromatic rings. The molecule has 0 bridgehead atoms. The standard InChI is InChI=1S/C20H32N4O3S/c1-2-3-12-23-18(21)17(19(26)22-20(23)27)24(14-8-4-5-9-14)16(25)13-28-15-10-6-7-11-15/h14-15H,2-13,21H2,1H3,(H,22,26,27). The van der Waals surface area contributed by atoms with Crippen LogP contribution in [0.4, 0.5) is 11.5 Å². The molecule has 0 atom stereocenters. The molecular weight excluding hydrogens is 376 g/mol. The first-order valence-corrected chi connectivity index (χ1v) is 11.6. The Balaban J connectivity index is 1.92. The monoisotopic (exact) mass is 408 g/mol. The fourth-order valence-electron chi connectivity index (χ4n) is 4.34. The van der Waals surface area contributed by atoms with Gasteiger partial charge in [-0.25, -0.2) is 4.79 Å². The number of amides is 1. The van der Waals surface area contributed by atoms with Gasteiger partial charge in [-0.05, 0) is 32.1 Å². The van der Waals surface area contributed by atoms with E-state index in [-0.39, 0.29) is 23.5 Å². The van der Waals surface area contributed by atoms with Gasteiger partial charge in [-0.1, -0.05) is 39.0 Å². The molecule has 0 saturated heterocycles. The summed E-state index contributed by atoms with van der Waals surface area (Å²) < 4.78 is 1.40. The Labute approximate surface area is 170 Å². The molecule has 3 rings (SSSR count). The van der Waals surface area contributed by atoms with E-state index in [9.17, 15) is 14.4 Å². The van der Waals surface area contributed by atoms with Gasteiger partial charge < -0.3 is 10.6 Å². The number of nitrogens with zero attached hydrogens (tertiary/aromatic N) is 2. The minimum absolute atomic E-state index is 0.0165. The van der Waals surface area contributed by atoms with Crippen molar-refractivity contribution >= 4 is 29.2 Å². The number of nitrogens with one attached hydrogen (secondary N) is 1. The second-order valence-electron chi connectivity index (χ2n) is 7.92. The second-order valence-corrected chi connectivity index (χ2v) is 9.21. The zero-order valence-corrected chi connectivity index (χ0v) is 17.6. The molecule has 1 heterocycles. The first-order valence-electron chi connectivity index (χ1n) is 10.6. The lowest BCUT2D eigenvalue weighted by Gasteiger charge is -2.30. The van der Waals surface area contributed by atoms with Gasteiger partial charge in [0.25, 0.3) is 5.56 Å². The summed E-state index contributed by atoms with van der Waals surface area (Å²) in [5, 5.41) is 0.531. The molecule has 0 aromatic carbocycles.